The topological polar surface area (TPSA) is 39.9 Å². The molecule has 2 aromatic rings. The third-order valence-electron chi connectivity index (χ3n) is 4.71. The second-order valence-electron chi connectivity index (χ2n) is 6.04. The molecule has 20 heavy (non-hydrogen) atoms. The molecule has 1 aliphatic heterocycles. The molecular formula is C16H21N3O. The van der Waals surface area contributed by atoms with Crippen LogP contribution in [0.1, 0.15) is 56.3 Å². The van der Waals surface area contributed by atoms with Crippen molar-refractivity contribution in [2.45, 2.75) is 50.5 Å². The number of hydrogen-bond acceptors (Lipinski definition) is 3. The van der Waals surface area contributed by atoms with E-state index < -0.39 is 0 Å². The van der Waals surface area contributed by atoms with E-state index in [0.29, 0.717) is 12.0 Å². The van der Waals surface area contributed by atoms with Crippen molar-refractivity contribution in [2.24, 2.45) is 0 Å². The average molecular weight is 271 g/mol. The Hall–Kier alpha value is -1.42. The zero-order valence-corrected chi connectivity index (χ0v) is 11.8. The van der Waals surface area contributed by atoms with E-state index in [1.807, 2.05) is 12.3 Å². The van der Waals surface area contributed by atoms with Crippen LogP contribution in [0.3, 0.4) is 0 Å². The first-order chi connectivity index (χ1) is 9.93. The minimum Gasteiger partial charge on any atom is -0.381 e. The van der Waals surface area contributed by atoms with Gasteiger partial charge in [0, 0.05) is 24.8 Å². The van der Waals surface area contributed by atoms with Gasteiger partial charge < -0.3 is 9.30 Å². The summed E-state index contributed by atoms with van der Waals surface area (Å²) in [5, 5.41) is 0. The number of fused-ring (bicyclic) bond motifs is 1. The molecular weight excluding hydrogens is 250 g/mol. The Bertz CT molecular complexity index is 595. The fourth-order valence-electron chi connectivity index (χ4n) is 3.67. The highest BCUT2D eigenvalue weighted by Gasteiger charge is 2.28. The van der Waals surface area contributed by atoms with E-state index in [4.69, 9.17) is 9.72 Å². The van der Waals surface area contributed by atoms with Crippen molar-refractivity contribution < 1.29 is 4.74 Å². The van der Waals surface area contributed by atoms with Gasteiger partial charge in [0.05, 0.1) is 6.61 Å². The fraction of sp³-hybridized carbons (Fsp3) is 0.625. The van der Waals surface area contributed by atoms with E-state index >= 15 is 0 Å². The molecule has 0 amide bonds. The van der Waals surface area contributed by atoms with Crippen molar-refractivity contribution in [3.63, 3.8) is 0 Å². The number of rotatable bonds is 2. The molecule has 1 aliphatic carbocycles. The molecule has 4 rings (SSSR count). The first-order valence-corrected chi connectivity index (χ1v) is 7.84. The second-order valence-corrected chi connectivity index (χ2v) is 6.04. The van der Waals surface area contributed by atoms with Gasteiger partial charge in [-0.15, -0.1) is 0 Å². The van der Waals surface area contributed by atoms with Gasteiger partial charge in [-0.05, 0) is 31.4 Å². The van der Waals surface area contributed by atoms with Crippen LogP contribution in [-0.2, 0) is 4.74 Å². The van der Waals surface area contributed by atoms with E-state index in [9.17, 15) is 0 Å². The van der Waals surface area contributed by atoms with E-state index in [-0.39, 0.29) is 0 Å². The van der Waals surface area contributed by atoms with E-state index in [2.05, 4.69) is 15.6 Å². The highest BCUT2D eigenvalue weighted by Crippen LogP contribution is 2.35. The van der Waals surface area contributed by atoms with Crippen molar-refractivity contribution in [2.75, 3.05) is 13.2 Å². The summed E-state index contributed by atoms with van der Waals surface area (Å²) in [7, 11) is 0. The third kappa shape index (κ3) is 2.03. The summed E-state index contributed by atoms with van der Waals surface area (Å²) in [6, 6.07) is 4.65. The standard InChI is InChI=1S/C16H21N3O/c1-2-5-13(6-3-1)19-15(12-8-10-20-11-12)18-14-7-4-9-17-16(14)19/h4,7,9,12-13H,1-3,5-6,8,10-11H2. The monoisotopic (exact) mass is 271 g/mol. The Balaban J connectivity index is 1.83. The Kier molecular flexibility index (Phi) is 3.19. The quantitative estimate of drug-likeness (QED) is 0.840. The van der Waals surface area contributed by atoms with Gasteiger partial charge in [0.2, 0.25) is 0 Å². The number of pyridine rings is 1. The molecule has 0 spiro atoms. The van der Waals surface area contributed by atoms with Gasteiger partial charge in [-0.2, -0.15) is 0 Å². The summed E-state index contributed by atoms with van der Waals surface area (Å²) in [5.74, 6) is 1.66. The molecule has 0 radical (unpaired) electrons. The van der Waals surface area contributed by atoms with Gasteiger partial charge in [-0.1, -0.05) is 19.3 Å². The molecule has 2 aliphatic rings. The fourth-order valence-corrected chi connectivity index (χ4v) is 3.67. The molecule has 1 unspecified atom stereocenters. The van der Waals surface area contributed by atoms with Crippen molar-refractivity contribution in [3.05, 3.63) is 24.2 Å². The van der Waals surface area contributed by atoms with Crippen LogP contribution in [0.4, 0.5) is 0 Å². The Labute approximate surface area is 119 Å². The summed E-state index contributed by atoms with van der Waals surface area (Å²) >= 11 is 0. The summed E-state index contributed by atoms with van der Waals surface area (Å²) in [5.41, 5.74) is 2.11. The van der Waals surface area contributed by atoms with E-state index in [1.54, 1.807) is 0 Å². The van der Waals surface area contributed by atoms with Gasteiger partial charge in [0.1, 0.15) is 11.3 Å². The molecule has 1 saturated heterocycles. The van der Waals surface area contributed by atoms with Gasteiger partial charge in [0.15, 0.2) is 5.65 Å². The Morgan fingerprint density at radius 3 is 2.85 bits per heavy atom. The summed E-state index contributed by atoms with van der Waals surface area (Å²) in [4.78, 5) is 9.50. The molecule has 3 heterocycles. The van der Waals surface area contributed by atoms with Gasteiger partial charge in [-0.25, -0.2) is 9.97 Å². The van der Waals surface area contributed by atoms with Crippen molar-refractivity contribution >= 4 is 11.2 Å². The lowest BCUT2D eigenvalue weighted by Crippen LogP contribution is -2.18. The van der Waals surface area contributed by atoms with Crippen LogP contribution in [0.2, 0.25) is 0 Å². The molecule has 4 heteroatoms. The van der Waals surface area contributed by atoms with E-state index in [1.165, 1.54) is 37.9 Å². The molecule has 2 fully saturated rings. The molecule has 1 atom stereocenters. The molecule has 0 N–H and O–H groups in total. The maximum Gasteiger partial charge on any atom is 0.160 e. The number of hydrogen-bond donors (Lipinski definition) is 0. The van der Waals surface area contributed by atoms with Crippen LogP contribution < -0.4 is 0 Å². The number of imidazole rings is 1. The Morgan fingerprint density at radius 1 is 1.15 bits per heavy atom. The van der Waals surface area contributed by atoms with Gasteiger partial charge in [-0.3, -0.25) is 0 Å². The predicted molar refractivity (Wildman–Crippen MR) is 77.8 cm³/mol. The van der Waals surface area contributed by atoms with E-state index in [0.717, 1.165) is 30.8 Å². The minimum absolute atomic E-state index is 0.450. The van der Waals surface area contributed by atoms with Crippen LogP contribution in [0.15, 0.2) is 18.3 Å². The molecule has 4 nitrogen and oxygen atoms in total. The molecule has 2 aromatic heterocycles. The van der Waals surface area contributed by atoms with Crippen LogP contribution >= 0.6 is 0 Å². The highest BCUT2D eigenvalue weighted by atomic mass is 16.5. The van der Waals surface area contributed by atoms with Crippen LogP contribution in [0, 0.1) is 0 Å². The second kappa shape index (κ2) is 5.17. The molecule has 106 valence electrons. The molecule has 0 aromatic carbocycles. The first-order valence-electron chi connectivity index (χ1n) is 7.84. The average Bonchev–Trinajstić information content (AvgIpc) is 3.15. The number of nitrogens with zero attached hydrogens (tertiary/aromatic N) is 3. The summed E-state index contributed by atoms with van der Waals surface area (Å²) in [6.07, 6.45) is 9.55. The zero-order valence-electron chi connectivity index (χ0n) is 11.8. The predicted octanol–water partition coefficient (Wildman–Crippen LogP) is 3.44. The lowest BCUT2D eigenvalue weighted by molar-refractivity contribution is 0.192. The largest absolute Gasteiger partial charge is 0.381 e. The SMILES string of the molecule is c1cnc2c(c1)nc(C1CCOC1)n2C1CCCCC1. The van der Waals surface area contributed by atoms with Gasteiger partial charge >= 0.3 is 0 Å². The molecule has 0 bridgehead atoms. The van der Waals surface area contributed by atoms with Crippen molar-refractivity contribution in [1.82, 2.24) is 14.5 Å². The number of ether oxygens (including phenoxy) is 1. The summed E-state index contributed by atoms with van der Waals surface area (Å²) in [6.45, 7) is 1.68. The first kappa shape index (κ1) is 12.3. The highest BCUT2D eigenvalue weighted by molar-refractivity contribution is 5.71. The maximum absolute atomic E-state index is 5.58. The van der Waals surface area contributed by atoms with Gasteiger partial charge in [0.25, 0.3) is 0 Å². The van der Waals surface area contributed by atoms with Crippen LogP contribution in [0.25, 0.3) is 11.2 Å². The van der Waals surface area contributed by atoms with Crippen molar-refractivity contribution in [1.29, 1.82) is 0 Å². The third-order valence-corrected chi connectivity index (χ3v) is 4.71. The normalized spacial score (nSPS) is 24.5. The minimum atomic E-state index is 0.450. The molecule has 1 saturated carbocycles. The van der Waals surface area contributed by atoms with Crippen LogP contribution in [-0.4, -0.2) is 27.7 Å². The number of aromatic nitrogens is 3. The summed E-state index contributed by atoms with van der Waals surface area (Å²) < 4.78 is 8.01. The smallest absolute Gasteiger partial charge is 0.160 e. The Morgan fingerprint density at radius 2 is 2.05 bits per heavy atom. The van der Waals surface area contributed by atoms with Crippen molar-refractivity contribution in [3.8, 4) is 0 Å². The maximum atomic E-state index is 5.58. The lowest BCUT2D eigenvalue weighted by atomic mass is 9.94. The lowest BCUT2D eigenvalue weighted by Gasteiger charge is -2.26. The van der Waals surface area contributed by atoms with Crippen LogP contribution in [0.5, 0.6) is 0 Å². The zero-order chi connectivity index (χ0) is 13.4.